The minimum atomic E-state index is -0.493. The van der Waals surface area contributed by atoms with Crippen LogP contribution < -0.4 is 10.6 Å². The van der Waals surface area contributed by atoms with Crippen LogP contribution in [0.25, 0.3) is 10.6 Å². The first kappa shape index (κ1) is 15.5. The number of aliphatic hydroxyl groups is 1. The number of thiazole rings is 1. The number of amides is 2. The lowest BCUT2D eigenvalue weighted by atomic mass is 10.2. The van der Waals surface area contributed by atoms with Gasteiger partial charge in [-0.25, -0.2) is 9.78 Å². The van der Waals surface area contributed by atoms with Crippen molar-refractivity contribution in [3.8, 4) is 10.6 Å². The quantitative estimate of drug-likeness (QED) is 0.767. The number of hydrogen-bond donors (Lipinski definition) is 3. The van der Waals surface area contributed by atoms with Gasteiger partial charge >= 0.3 is 6.03 Å². The van der Waals surface area contributed by atoms with Gasteiger partial charge in [-0.1, -0.05) is 13.3 Å². The molecule has 0 saturated heterocycles. The van der Waals surface area contributed by atoms with Crippen LogP contribution in [0.4, 0.5) is 10.5 Å². The lowest BCUT2D eigenvalue weighted by Crippen LogP contribution is -2.35. The molecule has 21 heavy (non-hydrogen) atoms. The summed E-state index contributed by atoms with van der Waals surface area (Å²) in [5.74, 6) is 0. The molecule has 0 saturated carbocycles. The molecule has 2 rings (SSSR count). The summed E-state index contributed by atoms with van der Waals surface area (Å²) in [6.45, 7) is 2.25. The second-order valence-corrected chi connectivity index (χ2v) is 5.59. The molecule has 0 spiro atoms. The number of carbonyl (C=O) groups excluding carboxylic acids is 1. The molecule has 1 heterocycles. The lowest BCUT2D eigenvalue weighted by Gasteiger charge is -2.11. The van der Waals surface area contributed by atoms with Crippen LogP contribution in [0.5, 0.6) is 0 Å². The largest absolute Gasteiger partial charge is 0.391 e. The molecule has 0 aliphatic rings. The summed E-state index contributed by atoms with van der Waals surface area (Å²) in [4.78, 5) is 15.9. The van der Waals surface area contributed by atoms with Crippen LogP contribution in [0.15, 0.2) is 35.8 Å². The second kappa shape index (κ2) is 7.75. The molecule has 1 atom stereocenters. The van der Waals surface area contributed by atoms with E-state index in [0.29, 0.717) is 12.1 Å². The minimum absolute atomic E-state index is 0.261. The Labute approximate surface area is 128 Å². The van der Waals surface area contributed by atoms with Crippen LogP contribution in [0.3, 0.4) is 0 Å². The summed E-state index contributed by atoms with van der Waals surface area (Å²) in [5, 5.41) is 17.8. The highest BCUT2D eigenvalue weighted by Crippen LogP contribution is 2.23. The number of nitrogens with zero attached hydrogens (tertiary/aromatic N) is 1. The standard InChI is InChI=1S/C15H19N3O2S/c1-2-3-13(19)10-17-15(20)18-12-6-4-11(5-7-12)14-16-8-9-21-14/h4-9,13,19H,2-3,10H2,1H3,(H2,17,18,20). The van der Waals surface area contributed by atoms with Crippen molar-refractivity contribution in [2.45, 2.75) is 25.9 Å². The predicted octanol–water partition coefficient (Wildman–Crippen LogP) is 3.09. The zero-order valence-electron chi connectivity index (χ0n) is 11.9. The normalized spacial score (nSPS) is 11.9. The Morgan fingerprint density at radius 2 is 2.14 bits per heavy atom. The number of benzene rings is 1. The zero-order valence-corrected chi connectivity index (χ0v) is 12.7. The van der Waals surface area contributed by atoms with Crippen molar-refractivity contribution in [3.63, 3.8) is 0 Å². The molecule has 5 nitrogen and oxygen atoms in total. The topological polar surface area (TPSA) is 74.2 Å². The Bertz CT molecular complexity index is 555. The van der Waals surface area contributed by atoms with Gasteiger partial charge in [0, 0.05) is 29.4 Å². The minimum Gasteiger partial charge on any atom is -0.391 e. The average molecular weight is 305 g/mol. The van der Waals surface area contributed by atoms with E-state index in [1.807, 2.05) is 36.6 Å². The Kier molecular flexibility index (Phi) is 5.71. The van der Waals surface area contributed by atoms with E-state index in [1.165, 1.54) is 0 Å². The molecule has 0 radical (unpaired) electrons. The van der Waals surface area contributed by atoms with Crippen LogP contribution in [0.1, 0.15) is 19.8 Å². The molecule has 2 amide bonds. The van der Waals surface area contributed by atoms with Crippen molar-refractivity contribution in [2.24, 2.45) is 0 Å². The number of hydrogen-bond acceptors (Lipinski definition) is 4. The summed E-state index contributed by atoms with van der Waals surface area (Å²) < 4.78 is 0. The van der Waals surface area contributed by atoms with Crippen molar-refractivity contribution in [2.75, 3.05) is 11.9 Å². The summed E-state index contributed by atoms with van der Waals surface area (Å²) in [7, 11) is 0. The Hall–Kier alpha value is -1.92. The van der Waals surface area contributed by atoms with E-state index in [4.69, 9.17) is 0 Å². The molecule has 0 bridgehead atoms. The van der Waals surface area contributed by atoms with Gasteiger partial charge in [0.25, 0.3) is 0 Å². The first-order valence-electron chi connectivity index (χ1n) is 6.92. The molecule has 0 fully saturated rings. The van der Waals surface area contributed by atoms with Gasteiger partial charge in [-0.2, -0.15) is 0 Å². The van der Waals surface area contributed by atoms with E-state index >= 15 is 0 Å². The fourth-order valence-corrected chi connectivity index (χ4v) is 2.53. The molecule has 3 N–H and O–H groups in total. The van der Waals surface area contributed by atoms with Crippen LogP contribution >= 0.6 is 11.3 Å². The number of rotatable bonds is 6. The van der Waals surface area contributed by atoms with E-state index in [-0.39, 0.29) is 12.6 Å². The lowest BCUT2D eigenvalue weighted by molar-refractivity contribution is 0.162. The maximum Gasteiger partial charge on any atom is 0.319 e. The third-order valence-corrected chi connectivity index (χ3v) is 3.76. The molecule has 1 aromatic heterocycles. The zero-order chi connectivity index (χ0) is 15.1. The monoisotopic (exact) mass is 305 g/mol. The molecule has 0 aliphatic carbocycles. The number of anilines is 1. The number of urea groups is 1. The molecule has 112 valence electrons. The number of aromatic nitrogens is 1. The van der Waals surface area contributed by atoms with Gasteiger partial charge in [0.1, 0.15) is 5.01 Å². The molecule has 2 aromatic rings. The summed E-state index contributed by atoms with van der Waals surface area (Å²) in [6.07, 6.45) is 2.85. The molecule has 1 aromatic carbocycles. The summed E-state index contributed by atoms with van der Waals surface area (Å²) in [5.41, 5.74) is 1.73. The van der Waals surface area contributed by atoms with Gasteiger partial charge in [-0.3, -0.25) is 0 Å². The first-order chi connectivity index (χ1) is 10.2. The third-order valence-electron chi connectivity index (χ3n) is 2.94. The van der Waals surface area contributed by atoms with Gasteiger partial charge in [-0.05, 0) is 30.7 Å². The SMILES string of the molecule is CCCC(O)CNC(=O)Nc1ccc(-c2nccs2)cc1. The molecule has 1 unspecified atom stereocenters. The number of nitrogens with one attached hydrogen (secondary N) is 2. The number of carbonyl (C=O) groups is 1. The van der Waals surface area contributed by atoms with Gasteiger partial charge in [-0.15, -0.1) is 11.3 Å². The van der Waals surface area contributed by atoms with Crippen LogP contribution in [-0.4, -0.2) is 28.8 Å². The van der Waals surface area contributed by atoms with Gasteiger partial charge in [0.05, 0.1) is 6.10 Å². The van der Waals surface area contributed by atoms with Gasteiger partial charge < -0.3 is 15.7 Å². The van der Waals surface area contributed by atoms with Crippen molar-refractivity contribution >= 4 is 23.1 Å². The maximum absolute atomic E-state index is 11.7. The smallest absolute Gasteiger partial charge is 0.319 e. The highest BCUT2D eigenvalue weighted by molar-refractivity contribution is 7.13. The molecular formula is C15H19N3O2S. The van der Waals surface area contributed by atoms with Crippen molar-refractivity contribution in [1.29, 1.82) is 0 Å². The number of aliphatic hydroxyl groups excluding tert-OH is 1. The highest BCUT2D eigenvalue weighted by atomic mass is 32.1. The molecule has 0 aliphatic heterocycles. The fourth-order valence-electron chi connectivity index (χ4n) is 1.88. The average Bonchev–Trinajstić information content (AvgIpc) is 3.00. The van der Waals surface area contributed by atoms with Crippen LogP contribution in [-0.2, 0) is 0 Å². The highest BCUT2D eigenvalue weighted by Gasteiger charge is 2.06. The predicted molar refractivity (Wildman–Crippen MR) is 85.5 cm³/mol. The first-order valence-corrected chi connectivity index (χ1v) is 7.80. The summed E-state index contributed by atoms with van der Waals surface area (Å²) in [6, 6.07) is 7.19. The summed E-state index contributed by atoms with van der Waals surface area (Å²) >= 11 is 1.57. The van der Waals surface area contributed by atoms with E-state index in [2.05, 4.69) is 15.6 Å². The Morgan fingerprint density at radius 1 is 1.38 bits per heavy atom. The van der Waals surface area contributed by atoms with Crippen molar-refractivity contribution in [3.05, 3.63) is 35.8 Å². The van der Waals surface area contributed by atoms with E-state index in [0.717, 1.165) is 17.0 Å². The van der Waals surface area contributed by atoms with E-state index < -0.39 is 6.10 Å². The van der Waals surface area contributed by atoms with Gasteiger partial charge in [0.2, 0.25) is 0 Å². The maximum atomic E-state index is 11.7. The third kappa shape index (κ3) is 4.84. The fraction of sp³-hybridized carbons (Fsp3) is 0.333. The van der Waals surface area contributed by atoms with Crippen LogP contribution in [0.2, 0.25) is 0 Å². The second-order valence-electron chi connectivity index (χ2n) is 4.69. The Morgan fingerprint density at radius 3 is 2.76 bits per heavy atom. The van der Waals surface area contributed by atoms with Crippen molar-refractivity contribution < 1.29 is 9.90 Å². The van der Waals surface area contributed by atoms with E-state index in [9.17, 15) is 9.90 Å². The van der Waals surface area contributed by atoms with E-state index in [1.54, 1.807) is 17.5 Å². The molecular weight excluding hydrogens is 286 g/mol. The Balaban J connectivity index is 1.84. The van der Waals surface area contributed by atoms with Gasteiger partial charge in [0.15, 0.2) is 0 Å². The molecule has 6 heteroatoms. The van der Waals surface area contributed by atoms with Crippen molar-refractivity contribution in [1.82, 2.24) is 10.3 Å². The van der Waals surface area contributed by atoms with Crippen LogP contribution in [0, 0.1) is 0 Å².